The quantitative estimate of drug-likeness (QED) is 0.873. The molecule has 1 aromatic heterocycles. The molecule has 0 bridgehead atoms. The highest BCUT2D eigenvalue weighted by Crippen LogP contribution is 2.29. The van der Waals surface area contributed by atoms with Crippen LogP contribution in [-0.2, 0) is 11.0 Å². The number of pyridine rings is 1. The molecule has 0 spiro atoms. The smallest absolute Gasteiger partial charge is 0.360 e. The van der Waals surface area contributed by atoms with E-state index in [1.807, 2.05) is 13.8 Å². The Morgan fingerprint density at radius 2 is 2.10 bits per heavy atom. The third kappa shape index (κ3) is 5.30. The number of rotatable bonds is 5. The van der Waals surface area contributed by atoms with Crippen molar-refractivity contribution in [3.8, 4) is 6.07 Å². The summed E-state index contributed by atoms with van der Waals surface area (Å²) in [5.41, 5.74) is -1.17. The molecule has 0 aliphatic heterocycles. The van der Waals surface area contributed by atoms with E-state index in [9.17, 15) is 18.0 Å². The molecule has 0 saturated carbocycles. The lowest BCUT2D eigenvalue weighted by molar-refractivity contribution is -0.141. The highest BCUT2D eigenvalue weighted by molar-refractivity contribution is 5.80. The molecule has 0 aromatic carbocycles. The zero-order valence-corrected chi connectivity index (χ0v) is 11.6. The van der Waals surface area contributed by atoms with Crippen LogP contribution in [0.2, 0.25) is 0 Å². The summed E-state index contributed by atoms with van der Waals surface area (Å²) in [6.45, 7) is 4.03. The van der Waals surface area contributed by atoms with Gasteiger partial charge in [0.1, 0.15) is 17.6 Å². The maximum absolute atomic E-state index is 12.6. The predicted octanol–water partition coefficient (Wildman–Crippen LogP) is 2.16. The summed E-state index contributed by atoms with van der Waals surface area (Å²) < 4.78 is 37.7. The largest absolute Gasteiger partial charge is 0.433 e. The van der Waals surface area contributed by atoms with Gasteiger partial charge in [0, 0.05) is 6.54 Å². The van der Waals surface area contributed by atoms with Gasteiger partial charge in [-0.1, -0.05) is 13.8 Å². The molecule has 1 heterocycles. The third-order valence-corrected chi connectivity index (χ3v) is 2.43. The first kappa shape index (κ1) is 16.8. The molecule has 0 fully saturated rings. The lowest BCUT2D eigenvalue weighted by Crippen LogP contribution is -2.32. The number of halogens is 3. The van der Waals surface area contributed by atoms with Crippen LogP contribution in [0.4, 0.5) is 19.0 Å². The van der Waals surface area contributed by atoms with Gasteiger partial charge in [0.15, 0.2) is 0 Å². The van der Waals surface area contributed by atoms with E-state index < -0.39 is 11.9 Å². The zero-order valence-electron chi connectivity index (χ0n) is 11.6. The van der Waals surface area contributed by atoms with Gasteiger partial charge >= 0.3 is 6.18 Å². The molecule has 0 unspecified atom stereocenters. The Bertz CT molecular complexity index is 549. The minimum atomic E-state index is -4.61. The van der Waals surface area contributed by atoms with E-state index >= 15 is 0 Å². The van der Waals surface area contributed by atoms with Crippen LogP contribution in [0, 0.1) is 17.2 Å². The highest BCUT2D eigenvalue weighted by Gasteiger charge is 2.33. The number of anilines is 1. The lowest BCUT2D eigenvalue weighted by atomic mass is 10.2. The number of carbonyl (C=O) groups is 1. The number of nitrogens with zero attached hydrogens (tertiary/aromatic N) is 2. The molecule has 1 aromatic rings. The molecule has 2 N–H and O–H groups in total. The van der Waals surface area contributed by atoms with Crippen molar-refractivity contribution in [3.63, 3.8) is 0 Å². The molecule has 1 amide bonds. The van der Waals surface area contributed by atoms with Gasteiger partial charge in [-0.2, -0.15) is 18.4 Å². The molecule has 114 valence electrons. The molecular formula is C13H15F3N4O. The maximum Gasteiger partial charge on any atom is 0.433 e. The lowest BCUT2D eigenvalue weighted by Gasteiger charge is -2.12. The van der Waals surface area contributed by atoms with Gasteiger partial charge < -0.3 is 10.6 Å². The number of amides is 1. The van der Waals surface area contributed by atoms with Gasteiger partial charge in [-0.05, 0) is 18.1 Å². The van der Waals surface area contributed by atoms with E-state index in [1.165, 1.54) is 0 Å². The molecule has 0 atom stereocenters. The van der Waals surface area contributed by atoms with Crippen LogP contribution in [-0.4, -0.2) is 24.0 Å². The van der Waals surface area contributed by atoms with Crippen molar-refractivity contribution in [2.24, 2.45) is 5.92 Å². The Hall–Kier alpha value is -2.30. The van der Waals surface area contributed by atoms with Crippen molar-refractivity contribution in [1.29, 1.82) is 5.26 Å². The van der Waals surface area contributed by atoms with E-state index in [4.69, 9.17) is 5.26 Å². The predicted molar refractivity (Wildman–Crippen MR) is 70.3 cm³/mol. The molecule has 21 heavy (non-hydrogen) atoms. The molecule has 8 heteroatoms. The van der Waals surface area contributed by atoms with Crippen LogP contribution >= 0.6 is 0 Å². The van der Waals surface area contributed by atoms with Gasteiger partial charge in [-0.15, -0.1) is 0 Å². The third-order valence-electron chi connectivity index (χ3n) is 2.43. The summed E-state index contributed by atoms with van der Waals surface area (Å²) in [5, 5.41) is 13.9. The number of alkyl halides is 3. The molecule has 0 aliphatic carbocycles. The normalized spacial score (nSPS) is 11.1. The fourth-order valence-corrected chi connectivity index (χ4v) is 1.39. The number of nitriles is 1. The molecule has 5 nitrogen and oxygen atoms in total. The Balaban J connectivity index is 2.78. The molecule has 0 aliphatic rings. The second-order valence-electron chi connectivity index (χ2n) is 4.75. The van der Waals surface area contributed by atoms with Crippen molar-refractivity contribution in [2.45, 2.75) is 20.0 Å². The fourth-order valence-electron chi connectivity index (χ4n) is 1.39. The van der Waals surface area contributed by atoms with Gasteiger partial charge in [-0.3, -0.25) is 4.79 Å². The second-order valence-corrected chi connectivity index (χ2v) is 4.75. The van der Waals surface area contributed by atoms with Crippen molar-refractivity contribution < 1.29 is 18.0 Å². The van der Waals surface area contributed by atoms with Crippen molar-refractivity contribution >= 4 is 11.7 Å². The molecule has 0 saturated heterocycles. The van der Waals surface area contributed by atoms with E-state index in [0.717, 1.165) is 12.1 Å². The van der Waals surface area contributed by atoms with E-state index in [1.54, 1.807) is 6.07 Å². The van der Waals surface area contributed by atoms with Gasteiger partial charge in [0.05, 0.1) is 12.1 Å². The summed E-state index contributed by atoms with van der Waals surface area (Å²) in [4.78, 5) is 14.8. The standard InChI is InChI=1S/C13H15F3N4O/c1-8(2)6-18-11(21)7-19-12-9(5-17)3-4-10(20-12)13(14,15)16/h3-4,8H,6-7H2,1-2H3,(H,18,21)(H,19,20). The SMILES string of the molecule is CC(C)CNC(=O)CNc1nc(C(F)(F)F)ccc1C#N. The average molecular weight is 300 g/mol. The molecular weight excluding hydrogens is 285 g/mol. The van der Waals surface area contributed by atoms with Crippen LogP contribution in [0.5, 0.6) is 0 Å². The summed E-state index contributed by atoms with van der Waals surface area (Å²) >= 11 is 0. The number of carbonyl (C=O) groups excluding carboxylic acids is 1. The number of nitrogens with one attached hydrogen (secondary N) is 2. The fraction of sp³-hybridized carbons (Fsp3) is 0.462. The second kappa shape index (κ2) is 6.92. The van der Waals surface area contributed by atoms with Gasteiger partial charge in [0.2, 0.25) is 5.91 Å². The van der Waals surface area contributed by atoms with E-state index in [0.29, 0.717) is 6.54 Å². The zero-order chi connectivity index (χ0) is 16.0. The Morgan fingerprint density at radius 3 is 2.62 bits per heavy atom. The van der Waals surface area contributed by atoms with E-state index in [2.05, 4.69) is 15.6 Å². The van der Waals surface area contributed by atoms with Crippen molar-refractivity contribution in [3.05, 3.63) is 23.4 Å². The number of hydrogen-bond donors (Lipinski definition) is 2. The minimum Gasteiger partial charge on any atom is -0.360 e. The topological polar surface area (TPSA) is 77.8 Å². The summed E-state index contributed by atoms with van der Waals surface area (Å²) in [5.74, 6) is -0.380. The average Bonchev–Trinajstić information content (AvgIpc) is 2.41. The van der Waals surface area contributed by atoms with E-state index in [-0.39, 0.29) is 29.8 Å². The van der Waals surface area contributed by atoms with Gasteiger partial charge in [0.25, 0.3) is 0 Å². The summed E-state index contributed by atoms with van der Waals surface area (Å²) in [6, 6.07) is 3.47. The minimum absolute atomic E-state index is 0.0559. The first-order valence-corrected chi connectivity index (χ1v) is 6.23. The van der Waals surface area contributed by atoms with Crippen LogP contribution in [0.3, 0.4) is 0 Å². The summed E-state index contributed by atoms with van der Waals surface area (Å²) in [6.07, 6.45) is -4.61. The van der Waals surface area contributed by atoms with Crippen molar-refractivity contribution in [1.82, 2.24) is 10.3 Å². The summed E-state index contributed by atoms with van der Waals surface area (Å²) in [7, 11) is 0. The first-order chi connectivity index (χ1) is 9.74. The van der Waals surface area contributed by atoms with Crippen LogP contribution in [0.1, 0.15) is 25.1 Å². The molecule has 0 radical (unpaired) electrons. The Labute approximate surface area is 120 Å². The van der Waals surface area contributed by atoms with Crippen LogP contribution in [0.25, 0.3) is 0 Å². The molecule has 1 rings (SSSR count). The van der Waals surface area contributed by atoms with Gasteiger partial charge in [-0.25, -0.2) is 4.98 Å². The van der Waals surface area contributed by atoms with Crippen LogP contribution < -0.4 is 10.6 Å². The monoisotopic (exact) mass is 300 g/mol. The Morgan fingerprint density at radius 1 is 1.43 bits per heavy atom. The highest BCUT2D eigenvalue weighted by atomic mass is 19.4. The van der Waals surface area contributed by atoms with Crippen molar-refractivity contribution in [2.75, 3.05) is 18.4 Å². The number of aromatic nitrogens is 1. The van der Waals surface area contributed by atoms with Crippen LogP contribution in [0.15, 0.2) is 12.1 Å². The Kier molecular flexibility index (Phi) is 5.52. The first-order valence-electron chi connectivity index (χ1n) is 6.23. The maximum atomic E-state index is 12.6. The number of hydrogen-bond acceptors (Lipinski definition) is 4.